The van der Waals surface area contributed by atoms with Crippen molar-refractivity contribution in [1.29, 1.82) is 0 Å². The zero-order valence-corrected chi connectivity index (χ0v) is 18.7. The van der Waals surface area contributed by atoms with Crippen LogP contribution in [0.15, 0.2) is 64.3 Å². The Hall–Kier alpha value is -3.92. The topological polar surface area (TPSA) is 105 Å². The zero-order valence-electron chi connectivity index (χ0n) is 17.9. The van der Waals surface area contributed by atoms with E-state index in [0.717, 1.165) is 22.2 Å². The van der Waals surface area contributed by atoms with Crippen molar-refractivity contribution in [2.75, 3.05) is 13.7 Å². The number of methoxy groups -OCH3 is 1. The number of benzene rings is 2. The quantitative estimate of drug-likeness (QED) is 0.257. The summed E-state index contributed by atoms with van der Waals surface area (Å²) in [5.74, 6) is 1.89. The molecular formula is C23H19N5O4S. The Morgan fingerprint density at radius 2 is 1.94 bits per heavy atom. The van der Waals surface area contributed by atoms with Gasteiger partial charge in [0, 0.05) is 17.0 Å². The van der Waals surface area contributed by atoms with E-state index >= 15 is 0 Å². The summed E-state index contributed by atoms with van der Waals surface area (Å²) < 4.78 is 17.5. The number of carbonyl (C=O) groups is 1. The Morgan fingerprint density at radius 3 is 2.73 bits per heavy atom. The first-order valence-electron chi connectivity index (χ1n) is 10.2. The molecular weight excluding hydrogens is 442 g/mol. The van der Waals surface area contributed by atoms with E-state index in [1.54, 1.807) is 20.1 Å². The Labute approximate surface area is 192 Å². The van der Waals surface area contributed by atoms with Crippen LogP contribution in [0.1, 0.15) is 23.2 Å². The first kappa shape index (κ1) is 21.0. The number of hydrogen-bond acceptors (Lipinski definition) is 9. The number of ether oxygens (including phenoxy) is 2. The van der Waals surface area contributed by atoms with Crippen LogP contribution in [-0.4, -0.2) is 44.4 Å². The Bertz CT molecular complexity index is 1440. The van der Waals surface area contributed by atoms with Gasteiger partial charge in [0.15, 0.2) is 16.5 Å². The average Bonchev–Trinajstić information content (AvgIpc) is 3.50. The highest BCUT2D eigenvalue weighted by Crippen LogP contribution is 2.31. The van der Waals surface area contributed by atoms with E-state index < -0.39 is 5.97 Å². The van der Waals surface area contributed by atoms with Crippen molar-refractivity contribution < 1.29 is 18.8 Å². The van der Waals surface area contributed by atoms with Gasteiger partial charge in [0.05, 0.1) is 25.0 Å². The monoisotopic (exact) mass is 461 g/mol. The minimum absolute atomic E-state index is 0.144. The molecule has 5 aromatic rings. The minimum atomic E-state index is -0.511. The Morgan fingerprint density at radius 1 is 1.12 bits per heavy atom. The van der Waals surface area contributed by atoms with Gasteiger partial charge in [0.25, 0.3) is 0 Å². The molecule has 3 aromatic heterocycles. The predicted octanol–water partition coefficient (Wildman–Crippen LogP) is 4.41. The lowest BCUT2D eigenvalue weighted by molar-refractivity contribution is 0.0514. The minimum Gasteiger partial charge on any atom is -0.497 e. The van der Waals surface area contributed by atoms with Crippen LogP contribution in [-0.2, 0) is 10.5 Å². The van der Waals surface area contributed by atoms with E-state index in [1.807, 2.05) is 52.9 Å². The van der Waals surface area contributed by atoms with Gasteiger partial charge in [-0.25, -0.2) is 9.78 Å². The highest BCUT2D eigenvalue weighted by molar-refractivity contribution is 7.98. The molecule has 0 aliphatic carbocycles. The molecule has 10 heteroatoms. The van der Waals surface area contributed by atoms with Crippen molar-refractivity contribution in [3.05, 3.63) is 66.1 Å². The maximum absolute atomic E-state index is 11.8. The summed E-state index contributed by atoms with van der Waals surface area (Å²) in [5.41, 5.74) is 2.58. The molecule has 0 atom stereocenters. The normalized spacial score (nSPS) is 11.2. The second-order valence-corrected chi connectivity index (χ2v) is 7.95. The number of thioether (sulfide) groups is 1. The van der Waals surface area contributed by atoms with E-state index in [1.165, 1.54) is 11.8 Å². The first-order chi connectivity index (χ1) is 16.2. The molecule has 0 fully saturated rings. The average molecular weight is 462 g/mol. The highest BCUT2D eigenvalue weighted by atomic mass is 32.2. The van der Waals surface area contributed by atoms with Crippen LogP contribution in [0.5, 0.6) is 5.75 Å². The number of nitrogens with zero attached hydrogens (tertiary/aromatic N) is 5. The second kappa shape index (κ2) is 8.91. The molecule has 0 amide bonds. The molecule has 0 aliphatic heterocycles. The largest absolute Gasteiger partial charge is 0.497 e. The fourth-order valence-electron chi connectivity index (χ4n) is 3.40. The SMILES string of the molecule is CCOC(=O)c1cc(CSc2nnc3c4ccccc4nc(-c4ccc(OC)cc4)n23)on1. The van der Waals surface area contributed by atoms with E-state index in [4.69, 9.17) is 19.0 Å². The smallest absolute Gasteiger partial charge is 0.360 e. The van der Waals surface area contributed by atoms with Crippen molar-refractivity contribution in [2.45, 2.75) is 17.8 Å². The molecule has 166 valence electrons. The molecule has 3 heterocycles. The number of rotatable bonds is 7. The maximum Gasteiger partial charge on any atom is 0.360 e. The van der Waals surface area contributed by atoms with E-state index in [2.05, 4.69) is 15.4 Å². The third-order valence-corrected chi connectivity index (χ3v) is 5.90. The molecule has 9 nitrogen and oxygen atoms in total. The van der Waals surface area contributed by atoms with Gasteiger partial charge in [-0.3, -0.25) is 4.40 Å². The fraction of sp³-hybridized carbons (Fsp3) is 0.174. The van der Waals surface area contributed by atoms with Crippen molar-refractivity contribution in [3.8, 4) is 17.1 Å². The first-order valence-corrected chi connectivity index (χ1v) is 11.2. The summed E-state index contributed by atoms with van der Waals surface area (Å²) in [4.78, 5) is 16.7. The van der Waals surface area contributed by atoms with Crippen molar-refractivity contribution in [3.63, 3.8) is 0 Å². The third-order valence-electron chi connectivity index (χ3n) is 4.95. The molecule has 2 aromatic carbocycles. The van der Waals surface area contributed by atoms with Gasteiger partial charge in [0.1, 0.15) is 17.3 Å². The van der Waals surface area contributed by atoms with Crippen molar-refractivity contribution in [1.82, 2.24) is 24.7 Å². The number of fused-ring (bicyclic) bond motifs is 3. The molecule has 0 saturated carbocycles. The van der Waals surface area contributed by atoms with Crippen LogP contribution in [0, 0.1) is 0 Å². The number of esters is 1. The second-order valence-electron chi connectivity index (χ2n) is 7.01. The molecule has 0 spiro atoms. The molecule has 0 aliphatic rings. The molecule has 0 unspecified atom stereocenters. The van der Waals surface area contributed by atoms with E-state index in [0.29, 0.717) is 28.1 Å². The number of para-hydroxylation sites is 1. The van der Waals surface area contributed by atoms with E-state index in [9.17, 15) is 4.79 Å². The van der Waals surface area contributed by atoms with Gasteiger partial charge >= 0.3 is 5.97 Å². The van der Waals surface area contributed by atoms with Gasteiger partial charge in [-0.15, -0.1) is 10.2 Å². The predicted molar refractivity (Wildman–Crippen MR) is 122 cm³/mol. The van der Waals surface area contributed by atoms with Crippen LogP contribution in [0.2, 0.25) is 0 Å². The van der Waals surface area contributed by atoms with Crippen LogP contribution in [0.4, 0.5) is 0 Å². The summed E-state index contributed by atoms with van der Waals surface area (Å²) in [7, 11) is 1.63. The molecule has 5 rings (SSSR count). The summed E-state index contributed by atoms with van der Waals surface area (Å²) in [5, 5.41) is 14.2. The van der Waals surface area contributed by atoms with Crippen LogP contribution in [0.3, 0.4) is 0 Å². The van der Waals surface area contributed by atoms with Crippen LogP contribution in [0.25, 0.3) is 27.9 Å². The van der Waals surface area contributed by atoms with Crippen molar-refractivity contribution >= 4 is 34.3 Å². The van der Waals surface area contributed by atoms with Gasteiger partial charge in [-0.05, 0) is 43.3 Å². The summed E-state index contributed by atoms with van der Waals surface area (Å²) in [6.07, 6.45) is 0. The molecule has 0 radical (unpaired) electrons. The molecule has 0 N–H and O–H groups in total. The fourth-order valence-corrected chi connectivity index (χ4v) is 4.21. The van der Waals surface area contributed by atoms with Gasteiger partial charge < -0.3 is 14.0 Å². The number of carbonyl (C=O) groups excluding carboxylic acids is 1. The van der Waals surface area contributed by atoms with Crippen LogP contribution < -0.4 is 4.74 Å². The summed E-state index contributed by atoms with van der Waals surface area (Å²) in [6, 6.07) is 17.1. The lowest BCUT2D eigenvalue weighted by atomic mass is 10.1. The van der Waals surface area contributed by atoms with Gasteiger partial charge in [-0.1, -0.05) is 29.1 Å². The molecule has 0 bridgehead atoms. The highest BCUT2D eigenvalue weighted by Gasteiger charge is 2.19. The lowest BCUT2D eigenvalue weighted by Crippen LogP contribution is -2.04. The third kappa shape index (κ3) is 4.00. The standard InChI is InChI=1S/C23H19N5O4S/c1-3-31-22(29)19-12-16(32-27-19)13-33-23-26-25-21-17-6-4-5-7-18(17)24-20(28(21)23)14-8-10-15(30-2)11-9-14/h4-12H,3,13H2,1-2H3. The number of aromatic nitrogens is 5. The van der Waals surface area contributed by atoms with E-state index in [-0.39, 0.29) is 12.3 Å². The Balaban J connectivity index is 1.54. The molecule has 33 heavy (non-hydrogen) atoms. The van der Waals surface area contributed by atoms with Crippen LogP contribution >= 0.6 is 11.8 Å². The lowest BCUT2D eigenvalue weighted by Gasteiger charge is -2.10. The molecule has 0 saturated heterocycles. The number of hydrogen-bond donors (Lipinski definition) is 0. The zero-order chi connectivity index (χ0) is 22.8. The van der Waals surface area contributed by atoms with Crippen molar-refractivity contribution in [2.24, 2.45) is 0 Å². The van der Waals surface area contributed by atoms with Gasteiger partial charge in [-0.2, -0.15) is 0 Å². The summed E-state index contributed by atoms with van der Waals surface area (Å²) in [6.45, 7) is 2.01. The van der Waals surface area contributed by atoms with Gasteiger partial charge in [0.2, 0.25) is 0 Å². The Kier molecular flexibility index (Phi) is 5.66. The maximum atomic E-state index is 11.8. The summed E-state index contributed by atoms with van der Waals surface area (Å²) >= 11 is 1.41.